The average Bonchev–Trinajstić information content (AvgIpc) is 3.12. The second kappa shape index (κ2) is 10.0. The molecule has 2 aromatic carbocycles. The van der Waals surface area contributed by atoms with Gasteiger partial charge in [0.05, 0.1) is 17.0 Å². The van der Waals surface area contributed by atoms with E-state index in [1.165, 1.54) is 48.7 Å². The monoisotopic (exact) mass is 535 g/mol. The molecule has 3 amide bonds. The number of halogens is 3. The highest BCUT2D eigenvalue weighted by atomic mass is 32.2. The van der Waals surface area contributed by atoms with E-state index < -0.39 is 40.1 Å². The molecule has 4 rings (SSSR count). The van der Waals surface area contributed by atoms with Crippen molar-refractivity contribution in [3.05, 3.63) is 66.4 Å². The summed E-state index contributed by atoms with van der Waals surface area (Å²) in [5, 5.41) is 2.78. The van der Waals surface area contributed by atoms with E-state index in [4.69, 9.17) is 4.74 Å². The smallest absolute Gasteiger partial charge is 0.416 e. The summed E-state index contributed by atoms with van der Waals surface area (Å²) in [6, 6.07) is 10.8. The van der Waals surface area contributed by atoms with E-state index in [0.717, 1.165) is 28.2 Å². The Kier molecular flexibility index (Phi) is 7.03. The topological polar surface area (TPSA) is 122 Å². The first-order chi connectivity index (χ1) is 17.4. The predicted octanol–water partition coefficient (Wildman–Crippen LogP) is 3.72. The van der Waals surface area contributed by atoms with Crippen molar-refractivity contribution in [1.29, 1.82) is 0 Å². The summed E-state index contributed by atoms with van der Waals surface area (Å²) in [5.74, 6) is -0.0494. The quantitative estimate of drug-likeness (QED) is 0.433. The van der Waals surface area contributed by atoms with Crippen molar-refractivity contribution >= 4 is 39.1 Å². The second-order valence-electron chi connectivity index (χ2n) is 8.02. The van der Waals surface area contributed by atoms with Gasteiger partial charge < -0.3 is 10.1 Å². The van der Waals surface area contributed by atoms with E-state index in [9.17, 15) is 31.2 Å². The number of benzene rings is 2. The summed E-state index contributed by atoms with van der Waals surface area (Å²) >= 11 is 0. The van der Waals surface area contributed by atoms with Crippen LogP contribution in [0.2, 0.25) is 0 Å². The van der Waals surface area contributed by atoms with Gasteiger partial charge in [-0.05, 0) is 42.5 Å². The number of sulfone groups is 1. The number of imide groups is 1. The van der Waals surface area contributed by atoms with Crippen LogP contribution in [0.1, 0.15) is 5.56 Å². The molecule has 2 heterocycles. The van der Waals surface area contributed by atoms with Crippen LogP contribution in [0.3, 0.4) is 0 Å². The zero-order chi connectivity index (χ0) is 26.8. The van der Waals surface area contributed by atoms with Crippen LogP contribution in [-0.2, 0) is 20.8 Å². The zero-order valence-corrected chi connectivity index (χ0v) is 20.1. The fraction of sp³-hybridized carbons (Fsp3) is 0.217. The lowest BCUT2D eigenvalue weighted by atomic mass is 10.2. The Morgan fingerprint density at radius 2 is 1.78 bits per heavy atom. The van der Waals surface area contributed by atoms with Gasteiger partial charge in [0.1, 0.15) is 22.1 Å². The van der Waals surface area contributed by atoms with E-state index in [0.29, 0.717) is 5.75 Å². The maximum absolute atomic E-state index is 13.1. The molecule has 194 valence electrons. The molecule has 1 fully saturated rings. The highest BCUT2D eigenvalue weighted by Gasteiger charge is 2.39. The summed E-state index contributed by atoms with van der Waals surface area (Å²) in [6.07, 6.45) is -2.05. The number of aromatic nitrogens is 2. The van der Waals surface area contributed by atoms with Gasteiger partial charge in [0.15, 0.2) is 0 Å². The molecule has 0 spiro atoms. The summed E-state index contributed by atoms with van der Waals surface area (Å²) in [6.45, 7) is -0.291. The molecule has 1 aliphatic rings. The molecular weight excluding hydrogens is 515 g/mol. The summed E-state index contributed by atoms with van der Waals surface area (Å²) in [7, 11) is -3.15. The third-order valence-electron chi connectivity index (χ3n) is 5.15. The fourth-order valence-electron chi connectivity index (χ4n) is 3.42. The van der Waals surface area contributed by atoms with Gasteiger partial charge in [0.2, 0.25) is 11.8 Å². The number of ether oxygens (including phenoxy) is 1. The van der Waals surface area contributed by atoms with Crippen LogP contribution in [-0.4, -0.2) is 55.4 Å². The van der Waals surface area contributed by atoms with Gasteiger partial charge in [-0.25, -0.2) is 23.1 Å². The Balaban J connectivity index is 1.44. The minimum Gasteiger partial charge on any atom is -0.439 e. The number of nitrogens with one attached hydrogen (secondary N) is 1. The standard InChI is InChI=1S/C23H20F3N5O5S/c1-37(34,35)12-11-28-21-27-10-9-19(29-21)36-18-7-5-16(6-8-18)31-20(32)14-30(22(31)33)17-4-2-3-15(13-17)23(24,25)26/h2-10,13H,11-12,14H2,1H3,(H,27,28,29). The number of carbonyl (C=O) groups excluding carboxylic acids is 2. The maximum atomic E-state index is 13.1. The molecule has 1 saturated heterocycles. The normalized spacial score (nSPS) is 14.3. The lowest BCUT2D eigenvalue weighted by Crippen LogP contribution is -2.33. The lowest BCUT2D eigenvalue weighted by molar-refractivity contribution is -0.137. The molecule has 37 heavy (non-hydrogen) atoms. The number of anilines is 3. The molecule has 0 aliphatic carbocycles. The summed E-state index contributed by atoms with van der Waals surface area (Å²) in [4.78, 5) is 35.4. The van der Waals surface area contributed by atoms with Crippen molar-refractivity contribution in [2.75, 3.05) is 40.2 Å². The van der Waals surface area contributed by atoms with Crippen LogP contribution in [0, 0.1) is 0 Å². The van der Waals surface area contributed by atoms with Crippen molar-refractivity contribution in [2.24, 2.45) is 0 Å². The maximum Gasteiger partial charge on any atom is 0.416 e. The Morgan fingerprint density at radius 3 is 2.46 bits per heavy atom. The van der Waals surface area contributed by atoms with Gasteiger partial charge in [-0.1, -0.05) is 6.07 Å². The molecule has 0 atom stereocenters. The molecular formula is C23H20F3N5O5S. The highest BCUT2D eigenvalue weighted by Crippen LogP contribution is 2.34. The van der Waals surface area contributed by atoms with E-state index in [1.807, 2.05) is 0 Å². The minimum atomic E-state index is -4.59. The molecule has 1 N–H and O–H groups in total. The van der Waals surface area contributed by atoms with Crippen LogP contribution in [0.25, 0.3) is 0 Å². The number of urea groups is 1. The van der Waals surface area contributed by atoms with Crippen LogP contribution in [0.15, 0.2) is 60.8 Å². The molecule has 1 aromatic heterocycles. The third-order valence-corrected chi connectivity index (χ3v) is 6.10. The van der Waals surface area contributed by atoms with Gasteiger partial charge >= 0.3 is 12.2 Å². The zero-order valence-electron chi connectivity index (χ0n) is 19.3. The number of rotatable bonds is 8. The number of hydrogen-bond donors (Lipinski definition) is 1. The Labute approximate surface area is 209 Å². The van der Waals surface area contributed by atoms with E-state index in [1.54, 1.807) is 0 Å². The molecule has 0 bridgehead atoms. The molecule has 14 heteroatoms. The number of amides is 3. The van der Waals surface area contributed by atoms with Crippen molar-refractivity contribution in [1.82, 2.24) is 9.97 Å². The van der Waals surface area contributed by atoms with E-state index in [2.05, 4.69) is 15.3 Å². The van der Waals surface area contributed by atoms with Crippen LogP contribution >= 0.6 is 0 Å². The molecule has 10 nitrogen and oxygen atoms in total. The largest absolute Gasteiger partial charge is 0.439 e. The first-order valence-electron chi connectivity index (χ1n) is 10.7. The van der Waals surface area contributed by atoms with Crippen molar-refractivity contribution in [3.63, 3.8) is 0 Å². The first-order valence-corrected chi connectivity index (χ1v) is 12.8. The summed E-state index contributed by atoms with van der Waals surface area (Å²) in [5.41, 5.74) is -0.758. The molecule has 0 saturated carbocycles. The van der Waals surface area contributed by atoms with Crippen molar-refractivity contribution in [2.45, 2.75) is 6.18 Å². The van der Waals surface area contributed by atoms with Gasteiger partial charge in [-0.2, -0.15) is 18.2 Å². The first kappa shape index (κ1) is 25.9. The van der Waals surface area contributed by atoms with Crippen molar-refractivity contribution in [3.8, 4) is 11.6 Å². The van der Waals surface area contributed by atoms with Crippen LogP contribution in [0.4, 0.5) is 35.3 Å². The number of hydrogen-bond acceptors (Lipinski definition) is 8. The Morgan fingerprint density at radius 1 is 1.05 bits per heavy atom. The SMILES string of the molecule is CS(=O)(=O)CCNc1nccc(Oc2ccc(N3C(=O)CN(c4cccc(C(F)(F)F)c4)C3=O)cc2)n1. The number of alkyl halides is 3. The minimum absolute atomic E-state index is 0.0414. The predicted molar refractivity (Wildman–Crippen MR) is 128 cm³/mol. The third kappa shape index (κ3) is 6.33. The van der Waals surface area contributed by atoms with E-state index in [-0.39, 0.29) is 35.5 Å². The Bertz CT molecular complexity index is 1430. The van der Waals surface area contributed by atoms with E-state index >= 15 is 0 Å². The van der Waals surface area contributed by atoms with Gasteiger partial charge in [-0.3, -0.25) is 9.69 Å². The second-order valence-corrected chi connectivity index (χ2v) is 10.3. The van der Waals surface area contributed by atoms with Gasteiger partial charge in [0.25, 0.3) is 5.91 Å². The number of carbonyl (C=O) groups is 2. The average molecular weight is 536 g/mol. The molecule has 0 radical (unpaired) electrons. The van der Waals surface area contributed by atoms with Crippen LogP contribution in [0.5, 0.6) is 11.6 Å². The lowest BCUT2D eigenvalue weighted by Gasteiger charge is -2.18. The van der Waals surface area contributed by atoms with Crippen LogP contribution < -0.4 is 19.9 Å². The van der Waals surface area contributed by atoms with Crippen molar-refractivity contribution < 1.29 is 35.9 Å². The fourth-order valence-corrected chi connectivity index (χ4v) is 3.90. The molecule has 0 unspecified atom stereocenters. The Hall–Kier alpha value is -4.20. The number of nitrogens with zero attached hydrogens (tertiary/aromatic N) is 4. The van der Waals surface area contributed by atoms with Gasteiger partial charge in [0, 0.05) is 30.8 Å². The van der Waals surface area contributed by atoms with Gasteiger partial charge in [-0.15, -0.1) is 0 Å². The molecule has 1 aliphatic heterocycles. The summed E-state index contributed by atoms with van der Waals surface area (Å²) < 4.78 is 67.3. The molecule has 3 aromatic rings. The highest BCUT2D eigenvalue weighted by molar-refractivity contribution is 7.90.